The molecule has 35 heavy (non-hydrogen) atoms. The second-order valence-electron chi connectivity index (χ2n) is 8.28. The molecule has 3 heterocycles. The standard InChI is InChI=1S/C24H24N4O6S/c25-24(26)14-4-3-5-16(10-14)33-18-12-31-23-19(13-32-22(18)23)34-21-9-8-15(11-28-21)17-6-1-2-7-20(17)35(27,29)30/h1-11,18-19,22-23H,12-13H2,(H3,25,26)(H2,27,29,30)/t18-,19+,22+,23+/m0/s1. The van der Waals surface area contributed by atoms with Crippen molar-refractivity contribution in [1.82, 2.24) is 4.98 Å². The molecule has 2 saturated heterocycles. The number of nitrogens with zero attached hydrogens (tertiary/aromatic N) is 1. The van der Waals surface area contributed by atoms with E-state index in [0.717, 1.165) is 0 Å². The lowest BCUT2D eigenvalue weighted by Gasteiger charge is -2.18. The van der Waals surface area contributed by atoms with Crippen LogP contribution in [0.3, 0.4) is 0 Å². The molecule has 5 rings (SSSR count). The van der Waals surface area contributed by atoms with Gasteiger partial charge in [0.1, 0.15) is 23.8 Å². The Hall–Kier alpha value is -3.51. The van der Waals surface area contributed by atoms with Crippen LogP contribution >= 0.6 is 0 Å². The molecule has 182 valence electrons. The molecule has 0 unspecified atom stereocenters. The first-order valence-electron chi connectivity index (χ1n) is 10.9. The molecule has 0 spiro atoms. The molecule has 2 aliphatic rings. The molecule has 11 heteroatoms. The summed E-state index contributed by atoms with van der Waals surface area (Å²) in [6.07, 6.45) is 0.173. The second kappa shape index (κ2) is 9.27. The Bertz CT molecular complexity index is 1350. The number of hydrogen-bond acceptors (Lipinski definition) is 8. The summed E-state index contributed by atoms with van der Waals surface area (Å²) < 4.78 is 47.7. The fourth-order valence-corrected chi connectivity index (χ4v) is 5.02. The van der Waals surface area contributed by atoms with E-state index < -0.39 is 10.0 Å². The van der Waals surface area contributed by atoms with Crippen LogP contribution in [-0.4, -0.2) is 56.9 Å². The number of sulfonamides is 1. The zero-order valence-corrected chi connectivity index (χ0v) is 19.4. The Morgan fingerprint density at radius 2 is 1.69 bits per heavy atom. The number of pyridine rings is 1. The first-order valence-corrected chi connectivity index (χ1v) is 12.4. The number of rotatable bonds is 7. The first kappa shape index (κ1) is 23.2. The quantitative estimate of drug-likeness (QED) is 0.329. The maximum atomic E-state index is 11.9. The van der Waals surface area contributed by atoms with E-state index in [1.807, 2.05) is 0 Å². The summed E-state index contributed by atoms with van der Waals surface area (Å²) in [5.74, 6) is 0.906. The van der Waals surface area contributed by atoms with Gasteiger partial charge in [-0.3, -0.25) is 5.41 Å². The van der Waals surface area contributed by atoms with Crippen LogP contribution in [0.15, 0.2) is 71.8 Å². The molecule has 0 amide bonds. The van der Waals surface area contributed by atoms with E-state index in [4.69, 9.17) is 35.2 Å². The molecule has 4 atom stereocenters. The average molecular weight is 497 g/mol. The Balaban J connectivity index is 1.25. The highest BCUT2D eigenvalue weighted by molar-refractivity contribution is 7.89. The van der Waals surface area contributed by atoms with Crippen molar-refractivity contribution < 1.29 is 27.4 Å². The van der Waals surface area contributed by atoms with E-state index in [0.29, 0.717) is 41.5 Å². The highest BCUT2D eigenvalue weighted by Gasteiger charge is 2.50. The van der Waals surface area contributed by atoms with Gasteiger partial charge in [0.15, 0.2) is 12.2 Å². The highest BCUT2D eigenvalue weighted by atomic mass is 32.2. The molecule has 0 bridgehead atoms. The van der Waals surface area contributed by atoms with Crippen molar-refractivity contribution in [3.63, 3.8) is 0 Å². The molecule has 0 aliphatic carbocycles. The lowest BCUT2D eigenvalue weighted by molar-refractivity contribution is 0.0168. The van der Waals surface area contributed by atoms with E-state index >= 15 is 0 Å². The number of ether oxygens (including phenoxy) is 4. The van der Waals surface area contributed by atoms with E-state index in [9.17, 15) is 8.42 Å². The topological polar surface area (TPSA) is 160 Å². The molecular formula is C24H24N4O6S. The van der Waals surface area contributed by atoms with Crippen LogP contribution in [0, 0.1) is 5.41 Å². The predicted molar refractivity (Wildman–Crippen MR) is 127 cm³/mol. The van der Waals surface area contributed by atoms with Crippen molar-refractivity contribution >= 4 is 15.9 Å². The number of primary sulfonamides is 1. The van der Waals surface area contributed by atoms with Crippen LogP contribution in [0.25, 0.3) is 11.1 Å². The van der Waals surface area contributed by atoms with Crippen LogP contribution in [0.1, 0.15) is 5.56 Å². The lowest BCUT2D eigenvalue weighted by atomic mass is 10.1. The summed E-state index contributed by atoms with van der Waals surface area (Å²) in [6, 6.07) is 16.9. The van der Waals surface area contributed by atoms with Gasteiger partial charge in [-0.05, 0) is 24.3 Å². The van der Waals surface area contributed by atoms with Crippen LogP contribution in [0.5, 0.6) is 11.6 Å². The van der Waals surface area contributed by atoms with Gasteiger partial charge in [-0.1, -0.05) is 30.3 Å². The number of aromatic nitrogens is 1. The SMILES string of the molecule is N=C(N)c1cccc(O[C@H]2CO[C@H]3[C@@H]2OC[C@H]3Oc2ccc(-c3ccccc3S(N)(=O)=O)cn2)c1. The number of nitrogen functional groups attached to an aromatic ring is 1. The smallest absolute Gasteiger partial charge is 0.238 e. The third-order valence-electron chi connectivity index (χ3n) is 5.91. The number of hydrogen-bond donors (Lipinski definition) is 3. The molecule has 1 aromatic heterocycles. The first-order chi connectivity index (χ1) is 16.8. The third-order valence-corrected chi connectivity index (χ3v) is 6.88. The third kappa shape index (κ3) is 4.84. The molecule has 2 aliphatic heterocycles. The van der Waals surface area contributed by atoms with E-state index in [-0.39, 0.29) is 35.1 Å². The normalized spacial score (nSPS) is 23.6. The van der Waals surface area contributed by atoms with Gasteiger partial charge in [0.2, 0.25) is 15.9 Å². The van der Waals surface area contributed by atoms with Crippen molar-refractivity contribution in [2.24, 2.45) is 10.9 Å². The summed E-state index contributed by atoms with van der Waals surface area (Å²) in [5.41, 5.74) is 7.20. The molecule has 0 radical (unpaired) electrons. The maximum absolute atomic E-state index is 11.9. The van der Waals surface area contributed by atoms with Gasteiger partial charge < -0.3 is 24.7 Å². The zero-order chi connectivity index (χ0) is 24.6. The minimum Gasteiger partial charge on any atom is -0.485 e. The van der Waals surface area contributed by atoms with E-state index in [1.54, 1.807) is 54.6 Å². The Morgan fingerprint density at radius 3 is 2.34 bits per heavy atom. The molecule has 0 saturated carbocycles. The van der Waals surface area contributed by atoms with Gasteiger partial charge in [-0.2, -0.15) is 0 Å². The summed E-state index contributed by atoms with van der Waals surface area (Å²) in [4.78, 5) is 4.37. The number of benzene rings is 2. The van der Waals surface area contributed by atoms with Gasteiger partial charge in [0.05, 0.1) is 18.1 Å². The van der Waals surface area contributed by atoms with E-state index in [2.05, 4.69) is 4.98 Å². The molecule has 5 N–H and O–H groups in total. The van der Waals surface area contributed by atoms with Gasteiger partial charge in [-0.25, -0.2) is 18.5 Å². The molecule has 2 fully saturated rings. The minimum atomic E-state index is -3.88. The average Bonchev–Trinajstić information content (AvgIpc) is 3.42. The van der Waals surface area contributed by atoms with Gasteiger partial charge in [0, 0.05) is 29.0 Å². The fourth-order valence-electron chi connectivity index (χ4n) is 4.26. The van der Waals surface area contributed by atoms with Gasteiger partial charge >= 0.3 is 0 Å². The Labute approximate surface area is 202 Å². The summed E-state index contributed by atoms with van der Waals surface area (Å²) in [5, 5.41) is 12.9. The monoisotopic (exact) mass is 496 g/mol. The molecule has 10 nitrogen and oxygen atoms in total. The fraction of sp³-hybridized carbons (Fsp3) is 0.250. The van der Waals surface area contributed by atoms with Crippen molar-refractivity contribution in [3.8, 4) is 22.8 Å². The Kier molecular flexibility index (Phi) is 6.15. The molecule has 2 aromatic carbocycles. The molecule has 3 aromatic rings. The number of nitrogens with two attached hydrogens (primary N) is 2. The predicted octanol–water partition coefficient (Wildman–Crippen LogP) is 1.67. The molecular weight excluding hydrogens is 472 g/mol. The van der Waals surface area contributed by atoms with Crippen molar-refractivity contribution in [2.75, 3.05) is 13.2 Å². The van der Waals surface area contributed by atoms with Crippen molar-refractivity contribution in [2.45, 2.75) is 29.3 Å². The summed E-state index contributed by atoms with van der Waals surface area (Å²) in [7, 11) is -3.88. The Morgan fingerprint density at radius 1 is 0.971 bits per heavy atom. The largest absolute Gasteiger partial charge is 0.485 e. The van der Waals surface area contributed by atoms with Crippen LogP contribution in [0.2, 0.25) is 0 Å². The second-order valence-corrected chi connectivity index (χ2v) is 9.81. The van der Waals surface area contributed by atoms with Crippen molar-refractivity contribution in [3.05, 3.63) is 72.4 Å². The van der Waals surface area contributed by atoms with Crippen LogP contribution in [0.4, 0.5) is 0 Å². The maximum Gasteiger partial charge on any atom is 0.238 e. The number of nitrogens with one attached hydrogen (secondary N) is 1. The van der Waals surface area contributed by atoms with Crippen molar-refractivity contribution in [1.29, 1.82) is 5.41 Å². The highest BCUT2D eigenvalue weighted by Crippen LogP contribution is 2.33. The minimum absolute atomic E-state index is 0.0294. The van der Waals surface area contributed by atoms with Crippen LogP contribution in [-0.2, 0) is 19.5 Å². The van der Waals surface area contributed by atoms with Gasteiger partial charge in [-0.15, -0.1) is 0 Å². The van der Waals surface area contributed by atoms with Crippen LogP contribution < -0.4 is 20.3 Å². The number of amidine groups is 1. The zero-order valence-electron chi connectivity index (χ0n) is 18.5. The lowest BCUT2D eigenvalue weighted by Crippen LogP contribution is -2.36. The summed E-state index contributed by atoms with van der Waals surface area (Å²) in [6.45, 7) is 0.635. The summed E-state index contributed by atoms with van der Waals surface area (Å²) >= 11 is 0. The van der Waals surface area contributed by atoms with E-state index in [1.165, 1.54) is 12.3 Å². The number of fused-ring (bicyclic) bond motifs is 1. The van der Waals surface area contributed by atoms with Gasteiger partial charge in [0.25, 0.3) is 0 Å².